The maximum absolute atomic E-state index is 12.0. The van der Waals surface area contributed by atoms with Crippen molar-refractivity contribution >= 4 is 17.7 Å². The molecule has 7 heteroatoms. The number of aromatic nitrogens is 1. The standard InChI is InChI=1S/C14H19N3O4/c1-2-21-14(19)11-4-3-5-15-13(11)16-12(18)10-17-6-8-20-9-7-17/h3-5H,2,6-10H2,1H3,(H,15,16,18). The topological polar surface area (TPSA) is 80.8 Å². The van der Waals surface area contributed by atoms with E-state index in [-0.39, 0.29) is 30.4 Å². The number of amides is 1. The molecule has 0 atom stereocenters. The molecular weight excluding hydrogens is 274 g/mol. The number of nitrogens with zero attached hydrogens (tertiary/aromatic N) is 2. The molecule has 1 fully saturated rings. The Kier molecular flexibility index (Phi) is 5.65. The lowest BCUT2D eigenvalue weighted by Gasteiger charge is -2.25. The van der Waals surface area contributed by atoms with Gasteiger partial charge in [0.1, 0.15) is 11.4 Å². The second kappa shape index (κ2) is 7.70. The first-order valence-electron chi connectivity index (χ1n) is 6.92. The van der Waals surface area contributed by atoms with Crippen LogP contribution < -0.4 is 5.32 Å². The highest BCUT2D eigenvalue weighted by atomic mass is 16.5. The third kappa shape index (κ3) is 4.51. The van der Waals surface area contributed by atoms with Crippen molar-refractivity contribution in [2.45, 2.75) is 6.92 Å². The monoisotopic (exact) mass is 293 g/mol. The highest BCUT2D eigenvalue weighted by Crippen LogP contribution is 2.13. The molecule has 0 aromatic carbocycles. The van der Waals surface area contributed by atoms with Crippen LogP contribution in [0.15, 0.2) is 18.3 Å². The van der Waals surface area contributed by atoms with Crippen molar-refractivity contribution in [3.05, 3.63) is 23.9 Å². The van der Waals surface area contributed by atoms with Gasteiger partial charge in [-0.15, -0.1) is 0 Å². The Morgan fingerprint density at radius 3 is 2.90 bits per heavy atom. The number of carbonyl (C=O) groups is 2. The van der Waals surface area contributed by atoms with Gasteiger partial charge in [-0.2, -0.15) is 0 Å². The number of hydrogen-bond acceptors (Lipinski definition) is 6. The van der Waals surface area contributed by atoms with Crippen LogP contribution in [0.4, 0.5) is 5.82 Å². The molecule has 1 aliphatic rings. The highest BCUT2D eigenvalue weighted by Gasteiger charge is 2.18. The molecule has 0 bridgehead atoms. The molecule has 0 unspecified atom stereocenters. The lowest BCUT2D eigenvalue weighted by atomic mass is 10.2. The number of anilines is 1. The number of rotatable bonds is 5. The van der Waals surface area contributed by atoms with Crippen molar-refractivity contribution in [2.75, 3.05) is 44.8 Å². The summed E-state index contributed by atoms with van der Waals surface area (Å²) in [6.45, 7) is 4.96. The van der Waals surface area contributed by atoms with Crippen molar-refractivity contribution < 1.29 is 19.1 Å². The van der Waals surface area contributed by atoms with Gasteiger partial charge >= 0.3 is 5.97 Å². The second-order valence-corrected chi connectivity index (χ2v) is 4.56. The van der Waals surface area contributed by atoms with E-state index in [0.717, 1.165) is 13.1 Å². The van der Waals surface area contributed by atoms with Crippen molar-refractivity contribution in [1.82, 2.24) is 9.88 Å². The van der Waals surface area contributed by atoms with E-state index in [1.807, 2.05) is 4.90 Å². The minimum atomic E-state index is -0.493. The van der Waals surface area contributed by atoms with Gasteiger partial charge in [0.15, 0.2) is 0 Å². The minimum Gasteiger partial charge on any atom is -0.462 e. The predicted molar refractivity (Wildman–Crippen MR) is 76.1 cm³/mol. The third-order valence-electron chi connectivity index (χ3n) is 3.03. The summed E-state index contributed by atoms with van der Waals surface area (Å²) in [5, 5.41) is 2.66. The quantitative estimate of drug-likeness (QED) is 0.798. The van der Waals surface area contributed by atoms with Gasteiger partial charge in [0, 0.05) is 19.3 Å². The Morgan fingerprint density at radius 2 is 2.19 bits per heavy atom. The SMILES string of the molecule is CCOC(=O)c1cccnc1NC(=O)CN1CCOCC1. The van der Waals surface area contributed by atoms with E-state index < -0.39 is 5.97 Å². The van der Waals surface area contributed by atoms with E-state index in [1.54, 1.807) is 19.1 Å². The average molecular weight is 293 g/mol. The van der Waals surface area contributed by atoms with E-state index in [2.05, 4.69) is 10.3 Å². The zero-order chi connectivity index (χ0) is 15.1. The normalized spacial score (nSPS) is 15.5. The number of esters is 1. The smallest absolute Gasteiger partial charge is 0.341 e. The van der Waals surface area contributed by atoms with E-state index in [1.165, 1.54) is 6.20 Å². The minimum absolute atomic E-state index is 0.207. The summed E-state index contributed by atoms with van der Waals surface area (Å²) in [5.41, 5.74) is 0.259. The fourth-order valence-corrected chi connectivity index (χ4v) is 2.01. The molecule has 2 rings (SSSR count). The van der Waals surface area contributed by atoms with Crippen LogP contribution in [0.25, 0.3) is 0 Å². The molecule has 2 heterocycles. The van der Waals surface area contributed by atoms with Gasteiger partial charge in [-0.1, -0.05) is 0 Å². The molecule has 7 nitrogen and oxygen atoms in total. The number of hydrogen-bond donors (Lipinski definition) is 1. The first-order chi connectivity index (χ1) is 10.2. The van der Waals surface area contributed by atoms with Gasteiger partial charge in [-0.3, -0.25) is 9.69 Å². The van der Waals surface area contributed by atoms with Crippen molar-refractivity contribution in [3.63, 3.8) is 0 Å². The van der Waals surface area contributed by atoms with Gasteiger partial charge < -0.3 is 14.8 Å². The number of pyridine rings is 1. The van der Waals surface area contributed by atoms with Crippen molar-refractivity contribution in [2.24, 2.45) is 0 Å². The molecule has 0 radical (unpaired) electrons. The Bertz CT molecular complexity index is 501. The molecule has 21 heavy (non-hydrogen) atoms. The van der Waals surface area contributed by atoms with Gasteiger partial charge in [0.05, 0.1) is 26.4 Å². The predicted octanol–water partition coefficient (Wildman–Crippen LogP) is 0.529. The number of carbonyl (C=O) groups excluding carboxylic acids is 2. The molecular formula is C14H19N3O4. The maximum atomic E-state index is 12.0. The summed E-state index contributed by atoms with van der Waals surface area (Å²) in [6.07, 6.45) is 1.52. The molecule has 114 valence electrons. The molecule has 0 saturated carbocycles. The van der Waals surface area contributed by atoms with E-state index in [0.29, 0.717) is 13.2 Å². The van der Waals surface area contributed by atoms with Gasteiger partial charge in [-0.25, -0.2) is 9.78 Å². The zero-order valence-electron chi connectivity index (χ0n) is 12.0. The van der Waals surface area contributed by atoms with Crippen LogP contribution >= 0.6 is 0 Å². The average Bonchev–Trinajstić information content (AvgIpc) is 2.49. The van der Waals surface area contributed by atoms with E-state index in [4.69, 9.17) is 9.47 Å². The van der Waals surface area contributed by atoms with Crippen LogP contribution in [0.3, 0.4) is 0 Å². The molecule has 1 amide bonds. The fraction of sp³-hybridized carbons (Fsp3) is 0.500. The van der Waals surface area contributed by atoms with Crippen LogP contribution in [-0.4, -0.2) is 61.2 Å². The molecule has 1 aliphatic heterocycles. The van der Waals surface area contributed by atoms with Crippen LogP contribution in [0.2, 0.25) is 0 Å². The van der Waals surface area contributed by atoms with Gasteiger partial charge in [0.25, 0.3) is 0 Å². The summed E-state index contributed by atoms with van der Waals surface area (Å²) in [5.74, 6) is -0.470. The summed E-state index contributed by atoms with van der Waals surface area (Å²) in [6, 6.07) is 3.21. The largest absolute Gasteiger partial charge is 0.462 e. The Balaban J connectivity index is 1.98. The fourth-order valence-electron chi connectivity index (χ4n) is 2.01. The maximum Gasteiger partial charge on any atom is 0.341 e. The van der Waals surface area contributed by atoms with E-state index in [9.17, 15) is 9.59 Å². The highest BCUT2D eigenvalue weighted by molar-refractivity contribution is 6.00. The Labute approximate surface area is 123 Å². The Hall–Kier alpha value is -1.99. The lowest BCUT2D eigenvalue weighted by Crippen LogP contribution is -2.41. The first-order valence-corrected chi connectivity index (χ1v) is 6.92. The summed E-state index contributed by atoms with van der Waals surface area (Å²) in [7, 11) is 0. The van der Waals surface area contributed by atoms with Gasteiger partial charge in [0.2, 0.25) is 5.91 Å². The Morgan fingerprint density at radius 1 is 1.43 bits per heavy atom. The molecule has 1 aromatic heterocycles. The summed E-state index contributed by atoms with van der Waals surface area (Å²) < 4.78 is 10.2. The first kappa shape index (κ1) is 15.4. The second-order valence-electron chi connectivity index (χ2n) is 4.56. The number of ether oxygens (including phenoxy) is 2. The molecule has 0 aliphatic carbocycles. The lowest BCUT2D eigenvalue weighted by molar-refractivity contribution is -0.118. The molecule has 1 N–H and O–H groups in total. The zero-order valence-corrected chi connectivity index (χ0v) is 12.0. The number of morpholine rings is 1. The van der Waals surface area contributed by atoms with Crippen LogP contribution in [0, 0.1) is 0 Å². The van der Waals surface area contributed by atoms with Crippen LogP contribution in [0.1, 0.15) is 17.3 Å². The van der Waals surface area contributed by atoms with Crippen molar-refractivity contribution in [3.8, 4) is 0 Å². The molecule has 0 spiro atoms. The van der Waals surface area contributed by atoms with Crippen molar-refractivity contribution in [1.29, 1.82) is 0 Å². The number of nitrogens with one attached hydrogen (secondary N) is 1. The third-order valence-corrected chi connectivity index (χ3v) is 3.03. The molecule has 1 aromatic rings. The van der Waals surface area contributed by atoms with Crippen LogP contribution in [0.5, 0.6) is 0 Å². The van der Waals surface area contributed by atoms with Crippen LogP contribution in [-0.2, 0) is 14.3 Å². The summed E-state index contributed by atoms with van der Waals surface area (Å²) >= 11 is 0. The van der Waals surface area contributed by atoms with E-state index >= 15 is 0 Å². The molecule has 1 saturated heterocycles. The summed E-state index contributed by atoms with van der Waals surface area (Å²) in [4.78, 5) is 29.9. The van der Waals surface area contributed by atoms with Gasteiger partial charge in [-0.05, 0) is 19.1 Å².